The molecule has 0 radical (unpaired) electrons. The summed E-state index contributed by atoms with van der Waals surface area (Å²) in [5.41, 5.74) is 0.668. The molecule has 3 rings (SSSR count). The molecule has 0 N–H and O–H groups in total. The predicted molar refractivity (Wildman–Crippen MR) is 77.3 cm³/mol. The number of hydrogen-bond acceptors (Lipinski definition) is 4. The van der Waals surface area contributed by atoms with E-state index in [0.29, 0.717) is 17.9 Å². The van der Waals surface area contributed by atoms with E-state index in [0.717, 1.165) is 14.7 Å². The molecule has 0 saturated heterocycles. The van der Waals surface area contributed by atoms with Crippen molar-refractivity contribution in [3.8, 4) is 11.8 Å². The third kappa shape index (κ3) is 2.37. The van der Waals surface area contributed by atoms with Crippen LogP contribution in [0.25, 0.3) is 11.0 Å². The molecule has 0 saturated carbocycles. The molecule has 19 heavy (non-hydrogen) atoms. The van der Waals surface area contributed by atoms with Gasteiger partial charge < -0.3 is 9.15 Å². The van der Waals surface area contributed by atoms with Crippen LogP contribution in [0.5, 0.6) is 5.75 Å². The molecule has 2 aromatic heterocycles. The van der Waals surface area contributed by atoms with Crippen LogP contribution in [0, 0.1) is 11.3 Å². The van der Waals surface area contributed by atoms with Gasteiger partial charge in [0.05, 0.1) is 5.39 Å². The SMILES string of the molecule is N#Cc1oc2ccccc2c1OCc1cc(Br)cs1. The van der Waals surface area contributed by atoms with Crippen LogP contribution >= 0.6 is 27.3 Å². The maximum atomic E-state index is 9.09. The van der Waals surface area contributed by atoms with Gasteiger partial charge in [0, 0.05) is 14.7 Å². The van der Waals surface area contributed by atoms with Crippen molar-refractivity contribution in [1.29, 1.82) is 5.26 Å². The van der Waals surface area contributed by atoms with Crippen LogP contribution < -0.4 is 4.74 Å². The van der Waals surface area contributed by atoms with Gasteiger partial charge in [0.25, 0.3) is 0 Å². The van der Waals surface area contributed by atoms with Gasteiger partial charge in [-0.15, -0.1) is 11.3 Å². The number of ether oxygens (including phenoxy) is 1. The maximum absolute atomic E-state index is 9.09. The van der Waals surface area contributed by atoms with Crippen molar-refractivity contribution in [2.24, 2.45) is 0 Å². The van der Waals surface area contributed by atoms with Crippen LogP contribution in [0.4, 0.5) is 0 Å². The first kappa shape index (κ1) is 12.3. The molecular weight excluding hydrogens is 326 g/mol. The molecule has 3 aromatic rings. The molecule has 0 amide bonds. The third-order valence-electron chi connectivity index (χ3n) is 2.63. The summed E-state index contributed by atoms with van der Waals surface area (Å²) in [4.78, 5) is 1.08. The van der Waals surface area contributed by atoms with E-state index in [1.807, 2.05) is 41.8 Å². The first-order valence-corrected chi connectivity index (χ1v) is 7.22. The molecule has 0 spiro atoms. The van der Waals surface area contributed by atoms with Gasteiger partial charge in [-0.1, -0.05) is 12.1 Å². The highest BCUT2D eigenvalue weighted by Crippen LogP contribution is 2.33. The average molecular weight is 334 g/mol. The molecule has 0 aliphatic carbocycles. The van der Waals surface area contributed by atoms with Crippen LogP contribution in [-0.4, -0.2) is 0 Å². The van der Waals surface area contributed by atoms with Crippen LogP contribution in [-0.2, 0) is 6.61 Å². The summed E-state index contributed by atoms with van der Waals surface area (Å²) in [7, 11) is 0. The van der Waals surface area contributed by atoms with E-state index in [-0.39, 0.29) is 5.76 Å². The Hall–Kier alpha value is -1.77. The van der Waals surface area contributed by atoms with Gasteiger partial charge in [0.1, 0.15) is 18.3 Å². The third-order valence-corrected chi connectivity index (χ3v) is 4.30. The minimum absolute atomic E-state index is 0.219. The van der Waals surface area contributed by atoms with Crippen molar-refractivity contribution in [1.82, 2.24) is 0 Å². The first-order chi connectivity index (χ1) is 9.28. The Morgan fingerprint density at radius 2 is 2.21 bits per heavy atom. The summed E-state index contributed by atoms with van der Waals surface area (Å²) in [6.45, 7) is 0.425. The number of para-hydroxylation sites is 1. The highest BCUT2D eigenvalue weighted by molar-refractivity contribution is 9.10. The lowest BCUT2D eigenvalue weighted by molar-refractivity contribution is 0.307. The second kappa shape index (κ2) is 5.08. The zero-order valence-electron chi connectivity index (χ0n) is 9.72. The van der Waals surface area contributed by atoms with Crippen molar-refractivity contribution in [2.45, 2.75) is 6.61 Å². The van der Waals surface area contributed by atoms with Crippen LogP contribution in [0.3, 0.4) is 0 Å². The van der Waals surface area contributed by atoms with E-state index >= 15 is 0 Å². The van der Waals surface area contributed by atoms with Crippen molar-refractivity contribution < 1.29 is 9.15 Å². The molecule has 94 valence electrons. The van der Waals surface area contributed by atoms with Crippen molar-refractivity contribution >= 4 is 38.2 Å². The Morgan fingerprint density at radius 1 is 1.37 bits per heavy atom. The number of nitriles is 1. The number of hydrogen-bond donors (Lipinski definition) is 0. The van der Waals surface area contributed by atoms with Gasteiger partial charge >= 0.3 is 0 Å². The second-order valence-corrected chi connectivity index (χ2v) is 5.80. The highest BCUT2D eigenvalue weighted by atomic mass is 79.9. The molecule has 0 bridgehead atoms. The fourth-order valence-corrected chi connectivity index (χ4v) is 3.17. The second-order valence-electron chi connectivity index (χ2n) is 3.89. The van der Waals surface area contributed by atoms with Gasteiger partial charge in [-0.05, 0) is 34.1 Å². The summed E-state index contributed by atoms with van der Waals surface area (Å²) in [5.74, 6) is 0.736. The standard InChI is InChI=1S/C14H8BrNO2S/c15-9-5-10(19-8-9)7-17-14-11-3-1-2-4-12(11)18-13(14)6-16/h1-5,8H,7H2. The normalized spacial score (nSPS) is 10.5. The average Bonchev–Trinajstić information content (AvgIpc) is 2.99. The predicted octanol–water partition coefficient (Wildman–Crippen LogP) is 4.71. The van der Waals surface area contributed by atoms with E-state index in [1.165, 1.54) is 0 Å². The monoisotopic (exact) mass is 333 g/mol. The molecule has 0 unspecified atom stereocenters. The maximum Gasteiger partial charge on any atom is 0.246 e. The Balaban J connectivity index is 1.93. The molecule has 0 aliphatic rings. The summed E-state index contributed by atoms with van der Waals surface area (Å²) in [6, 6.07) is 11.5. The van der Waals surface area contributed by atoms with E-state index in [9.17, 15) is 0 Å². The lowest BCUT2D eigenvalue weighted by atomic mass is 10.2. The fraction of sp³-hybridized carbons (Fsp3) is 0.0714. The number of benzene rings is 1. The Kier molecular flexibility index (Phi) is 3.28. The summed E-state index contributed by atoms with van der Waals surface area (Å²) >= 11 is 5.01. The number of fused-ring (bicyclic) bond motifs is 1. The molecule has 0 aliphatic heterocycles. The summed E-state index contributed by atoms with van der Waals surface area (Å²) in [6.07, 6.45) is 0. The van der Waals surface area contributed by atoms with Gasteiger partial charge in [0.15, 0.2) is 5.75 Å². The van der Waals surface area contributed by atoms with Gasteiger partial charge in [0.2, 0.25) is 5.76 Å². The van der Waals surface area contributed by atoms with Gasteiger partial charge in [-0.3, -0.25) is 0 Å². The highest BCUT2D eigenvalue weighted by Gasteiger charge is 2.15. The smallest absolute Gasteiger partial charge is 0.246 e. The van der Waals surface area contributed by atoms with Crippen LogP contribution in [0.1, 0.15) is 10.6 Å². The topological polar surface area (TPSA) is 46.2 Å². The number of halogens is 1. The van der Waals surface area contributed by atoms with Crippen molar-refractivity contribution in [3.05, 3.63) is 50.8 Å². The molecule has 3 nitrogen and oxygen atoms in total. The minimum atomic E-state index is 0.219. The Bertz CT molecular complexity index is 769. The Morgan fingerprint density at radius 3 is 2.95 bits per heavy atom. The lowest BCUT2D eigenvalue weighted by Gasteiger charge is -2.02. The van der Waals surface area contributed by atoms with E-state index < -0.39 is 0 Å². The van der Waals surface area contributed by atoms with E-state index in [1.54, 1.807) is 11.3 Å². The molecular formula is C14H8BrNO2S. The lowest BCUT2D eigenvalue weighted by Crippen LogP contribution is -1.93. The van der Waals surface area contributed by atoms with Gasteiger partial charge in [-0.25, -0.2) is 0 Å². The first-order valence-electron chi connectivity index (χ1n) is 5.55. The number of thiophene rings is 1. The van der Waals surface area contributed by atoms with Gasteiger partial charge in [-0.2, -0.15) is 5.26 Å². The fourth-order valence-electron chi connectivity index (χ4n) is 1.81. The number of nitrogens with zero attached hydrogens (tertiary/aromatic N) is 1. The molecule has 2 heterocycles. The molecule has 5 heteroatoms. The van der Waals surface area contributed by atoms with Crippen molar-refractivity contribution in [2.75, 3.05) is 0 Å². The molecule has 0 atom stereocenters. The molecule has 0 fully saturated rings. The summed E-state index contributed by atoms with van der Waals surface area (Å²) < 4.78 is 12.2. The summed E-state index contributed by atoms with van der Waals surface area (Å²) in [5, 5.41) is 11.9. The van der Waals surface area contributed by atoms with Crippen LogP contribution in [0.2, 0.25) is 0 Å². The van der Waals surface area contributed by atoms with Crippen molar-refractivity contribution in [3.63, 3.8) is 0 Å². The Labute approximate surface area is 122 Å². The minimum Gasteiger partial charge on any atom is -0.483 e. The largest absolute Gasteiger partial charge is 0.483 e. The zero-order valence-corrected chi connectivity index (χ0v) is 12.1. The quantitative estimate of drug-likeness (QED) is 0.697. The molecule has 1 aromatic carbocycles. The van der Waals surface area contributed by atoms with E-state index in [4.69, 9.17) is 14.4 Å². The van der Waals surface area contributed by atoms with Crippen LogP contribution in [0.15, 0.2) is 44.6 Å². The number of rotatable bonds is 3. The zero-order chi connectivity index (χ0) is 13.2. The number of furan rings is 1. The van der Waals surface area contributed by atoms with E-state index in [2.05, 4.69) is 15.9 Å².